The van der Waals surface area contributed by atoms with Gasteiger partial charge in [0.2, 0.25) is 5.95 Å². The van der Waals surface area contributed by atoms with E-state index in [1.807, 2.05) is 41.0 Å². The van der Waals surface area contributed by atoms with Crippen molar-refractivity contribution in [3.05, 3.63) is 61.1 Å². The molecule has 0 fully saturated rings. The van der Waals surface area contributed by atoms with Gasteiger partial charge in [-0.25, -0.2) is 4.98 Å². The summed E-state index contributed by atoms with van der Waals surface area (Å²) in [6.07, 6.45) is 5.01. The van der Waals surface area contributed by atoms with Crippen molar-refractivity contribution in [2.24, 2.45) is 0 Å². The first-order valence-electron chi connectivity index (χ1n) is 9.26. The number of anilines is 1. The molecule has 0 aliphatic carbocycles. The van der Waals surface area contributed by atoms with Crippen molar-refractivity contribution in [2.75, 3.05) is 20.0 Å². The number of aromatic nitrogens is 5. The van der Waals surface area contributed by atoms with E-state index in [1.165, 1.54) is 0 Å². The van der Waals surface area contributed by atoms with Crippen LogP contribution in [-0.2, 0) is 0 Å². The summed E-state index contributed by atoms with van der Waals surface area (Å²) in [6, 6.07) is 13.8. The van der Waals surface area contributed by atoms with E-state index in [0.717, 1.165) is 33.2 Å². The summed E-state index contributed by atoms with van der Waals surface area (Å²) in [5, 5.41) is 8.76. The maximum Gasteiger partial charge on any atom is 0.206 e. The van der Waals surface area contributed by atoms with Crippen LogP contribution in [0.5, 0.6) is 11.5 Å². The maximum atomic E-state index is 6.24. The SMILES string of the molecule is COc1ccc(-c2ccc3ncc4nc(N)n(-c5ccnnc5)c4c3c2)cc1OC. The number of pyridine rings is 1. The van der Waals surface area contributed by atoms with E-state index in [1.54, 1.807) is 32.8 Å². The Hall–Kier alpha value is -4.20. The molecule has 0 unspecified atom stereocenters. The lowest BCUT2D eigenvalue weighted by molar-refractivity contribution is 0.355. The number of nitrogen functional groups attached to an aromatic ring is 1. The predicted molar refractivity (Wildman–Crippen MR) is 115 cm³/mol. The number of hydrogen-bond acceptors (Lipinski definition) is 7. The molecule has 5 aromatic rings. The summed E-state index contributed by atoms with van der Waals surface area (Å²) in [5.41, 5.74) is 11.5. The van der Waals surface area contributed by atoms with Crippen LogP contribution in [0.3, 0.4) is 0 Å². The number of nitrogens with two attached hydrogens (primary N) is 1. The van der Waals surface area contributed by atoms with Gasteiger partial charge in [0.25, 0.3) is 0 Å². The predicted octanol–water partition coefficient (Wildman–Crippen LogP) is 3.63. The fourth-order valence-corrected chi connectivity index (χ4v) is 3.65. The molecular formula is C22H18N6O2. The fourth-order valence-electron chi connectivity index (χ4n) is 3.65. The summed E-state index contributed by atoms with van der Waals surface area (Å²) in [5.74, 6) is 1.72. The van der Waals surface area contributed by atoms with Gasteiger partial charge in [-0.2, -0.15) is 10.2 Å². The van der Waals surface area contributed by atoms with Crippen LogP contribution < -0.4 is 15.2 Å². The van der Waals surface area contributed by atoms with E-state index < -0.39 is 0 Å². The monoisotopic (exact) mass is 398 g/mol. The molecule has 148 valence electrons. The average Bonchev–Trinajstić information content (AvgIpc) is 3.15. The van der Waals surface area contributed by atoms with E-state index >= 15 is 0 Å². The summed E-state index contributed by atoms with van der Waals surface area (Å²) in [6.45, 7) is 0. The molecule has 0 saturated carbocycles. The maximum absolute atomic E-state index is 6.24. The summed E-state index contributed by atoms with van der Waals surface area (Å²) < 4.78 is 12.7. The van der Waals surface area contributed by atoms with Gasteiger partial charge >= 0.3 is 0 Å². The van der Waals surface area contributed by atoms with Gasteiger partial charge < -0.3 is 15.2 Å². The Labute approximate surface area is 171 Å². The van der Waals surface area contributed by atoms with Crippen LogP contribution in [0.1, 0.15) is 0 Å². The normalized spacial score (nSPS) is 11.1. The molecule has 5 rings (SSSR count). The van der Waals surface area contributed by atoms with Gasteiger partial charge in [-0.3, -0.25) is 9.55 Å². The van der Waals surface area contributed by atoms with Crippen LogP contribution in [0.2, 0.25) is 0 Å². The Bertz CT molecular complexity index is 1380. The van der Waals surface area contributed by atoms with Gasteiger partial charge in [0.1, 0.15) is 5.52 Å². The third kappa shape index (κ3) is 2.77. The molecule has 3 heterocycles. The molecule has 0 amide bonds. The molecule has 0 aliphatic heterocycles. The van der Waals surface area contributed by atoms with Crippen molar-refractivity contribution in [1.82, 2.24) is 24.7 Å². The zero-order chi connectivity index (χ0) is 20.7. The number of nitrogens with zero attached hydrogens (tertiary/aromatic N) is 5. The van der Waals surface area contributed by atoms with Crippen LogP contribution in [0.25, 0.3) is 38.8 Å². The van der Waals surface area contributed by atoms with Gasteiger partial charge in [0.15, 0.2) is 11.5 Å². The third-order valence-electron chi connectivity index (χ3n) is 5.05. The molecule has 2 N–H and O–H groups in total. The van der Waals surface area contributed by atoms with E-state index in [-0.39, 0.29) is 0 Å². The smallest absolute Gasteiger partial charge is 0.206 e. The third-order valence-corrected chi connectivity index (χ3v) is 5.05. The van der Waals surface area contributed by atoms with Crippen molar-refractivity contribution in [3.63, 3.8) is 0 Å². The number of ether oxygens (including phenoxy) is 2. The highest BCUT2D eigenvalue weighted by molar-refractivity contribution is 6.05. The number of benzene rings is 2. The molecule has 8 nitrogen and oxygen atoms in total. The van der Waals surface area contributed by atoms with Crippen LogP contribution in [0.15, 0.2) is 61.1 Å². The number of methoxy groups -OCH3 is 2. The van der Waals surface area contributed by atoms with E-state index in [0.29, 0.717) is 23.0 Å². The second-order valence-electron chi connectivity index (χ2n) is 6.70. The standard InChI is InChI=1S/C22H18N6O2/c1-29-19-6-4-14(10-20(19)30-2)13-3-5-17-16(9-13)21-18(12-24-17)27-22(23)28(21)15-7-8-25-26-11-15/h3-12H,1-2H3,(H2,23,27). The first-order valence-corrected chi connectivity index (χ1v) is 9.26. The Morgan fingerprint density at radius 2 is 1.63 bits per heavy atom. The Morgan fingerprint density at radius 1 is 0.833 bits per heavy atom. The summed E-state index contributed by atoms with van der Waals surface area (Å²) in [4.78, 5) is 9.03. The van der Waals surface area contributed by atoms with E-state index in [4.69, 9.17) is 15.2 Å². The van der Waals surface area contributed by atoms with Crippen LogP contribution >= 0.6 is 0 Å². The van der Waals surface area contributed by atoms with Crippen molar-refractivity contribution < 1.29 is 9.47 Å². The largest absolute Gasteiger partial charge is 0.493 e. The average molecular weight is 398 g/mol. The van der Waals surface area contributed by atoms with Gasteiger partial charge in [0.05, 0.1) is 49.5 Å². The highest BCUT2D eigenvalue weighted by Crippen LogP contribution is 2.35. The summed E-state index contributed by atoms with van der Waals surface area (Å²) >= 11 is 0. The molecule has 3 aromatic heterocycles. The first kappa shape index (κ1) is 17.9. The van der Waals surface area contributed by atoms with Crippen LogP contribution in [0, 0.1) is 0 Å². The first-order chi connectivity index (χ1) is 14.7. The van der Waals surface area contributed by atoms with Crippen molar-refractivity contribution in [2.45, 2.75) is 0 Å². The minimum absolute atomic E-state index is 0.365. The molecule has 0 radical (unpaired) electrons. The number of imidazole rings is 1. The number of hydrogen-bond donors (Lipinski definition) is 1. The van der Waals surface area contributed by atoms with Gasteiger partial charge in [0, 0.05) is 5.39 Å². The van der Waals surface area contributed by atoms with Crippen molar-refractivity contribution in [1.29, 1.82) is 0 Å². The highest BCUT2D eigenvalue weighted by Gasteiger charge is 2.15. The number of fused-ring (bicyclic) bond motifs is 3. The topological polar surface area (TPSA) is 101 Å². The van der Waals surface area contributed by atoms with Gasteiger partial charge in [-0.15, -0.1) is 0 Å². The molecule has 0 bridgehead atoms. The second kappa shape index (κ2) is 7.00. The lowest BCUT2D eigenvalue weighted by Gasteiger charge is -2.11. The minimum atomic E-state index is 0.365. The fraction of sp³-hybridized carbons (Fsp3) is 0.0909. The lowest BCUT2D eigenvalue weighted by Crippen LogP contribution is -2.01. The van der Waals surface area contributed by atoms with Crippen LogP contribution in [-0.4, -0.2) is 39.0 Å². The molecule has 0 atom stereocenters. The second-order valence-corrected chi connectivity index (χ2v) is 6.70. The van der Waals surface area contributed by atoms with Crippen molar-refractivity contribution >= 4 is 27.9 Å². The minimum Gasteiger partial charge on any atom is -0.493 e. The molecule has 0 saturated heterocycles. The van der Waals surface area contributed by atoms with E-state index in [2.05, 4.69) is 26.2 Å². The Balaban J connectivity index is 1.77. The van der Waals surface area contributed by atoms with Crippen LogP contribution in [0.4, 0.5) is 5.95 Å². The number of rotatable bonds is 4. The summed E-state index contributed by atoms with van der Waals surface area (Å²) in [7, 11) is 3.25. The zero-order valence-electron chi connectivity index (χ0n) is 16.4. The van der Waals surface area contributed by atoms with Crippen molar-refractivity contribution in [3.8, 4) is 28.3 Å². The van der Waals surface area contributed by atoms with Gasteiger partial charge in [-0.1, -0.05) is 12.1 Å². The Kier molecular flexibility index (Phi) is 4.17. The van der Waals surface area contributed by atoms with E-state index in [9.17, 15) is 0 Å². The molecular weight excluding hydrogens is 380 g/mol. The zero-order valence-corrected chi connectivity index (χ0v) is 16.4. The van der Waals surface area contributed by atoms with Gasteiger partial charge in [-0.05, 0) is 41.5 Å². The molecule has 0 aliphatic rings. The lowest BCUT2D eigenvalue weighted by atomic mass is 10.0. The molecule has 8 heteroatoms. The quantitative estimate of drug-likeness (QED) is 0.493. The molecule has 2 aromatic carbocycles. The highest BCUT2D eigenvalue weighted by atomic mass is 16.5. The Morgan fingerprint density at radius 3 is 2.40 bits per heavy atom. The molecule has 30 heavy (non-hydrogen) atoms. The molecule has 0 spiro atoms.